The molecule has 1 aromatic rings. The van der Waals surface area contributed by atoms with Crippen LogP contribution in [0.5, 0.6) is 5.75 Å². The summed E-state index contributed by atoms with van der Waals surface area (Å²) in [5, 5.41) is 0. The SMILES string of the molecule is CCN(CC)S(=O)(=O)c1ccc(OC/C(F)=C\CN)cc1. The molecule has 1 aromatic carbocycles. The normalized spacial score (nSPS) is 12.7. The maximum atomic E-state index is 13.1. The molecule has 0 bridgehead atoms. The first-order chi connectivity index (χ1) is 9.95. The number of nitrogens with zero attached hydrogens (tertiary/aromatic N) is 1. The Labute approximate surface area is 125 Å². The van der Waals surface area contributed by atoms with Crippen molar-refractivity contribution in [1.29, 1.82) is 0 Å². The van der Waals surface area contributed by atoms with Crippen LogP contribution in [0.1, 0.15) is 13.8 Å². The first kappa shape index (κ1) is 17.6. The lowest BCUT2D eigenvalue weighted by Gasteiger charge is -2.18. The molecule has 0 aliphatic rings. The Bertz CT molecular complexity index is 566. The van der Waals surface area contributed by atoms with Crippen molar-refractivity contribution in [3.63, 3.8) is 0 Å². The zero-order valence-corrected chi connectivity index (χ0v) is 13.1. The molecule has 0 amide bonds. The molecule has 0 saturated carbocycles. The zero-order chi connectivity index (χ0) is 15.9. The predicted octanol–water partition coefficient (Wildman–Crippen LogP) is 1.91. The fraction of sp³-hybridized carbons (Fsp3) is 0.429. The highest BCUT2D eigenvalue weighted by molar-refractivity contribution is 7.89. The van der Waals surface area contributed by atoms with Gasteiger partial charge in [0, 0.05) is 19.6 Å². The summed E-state index contributed by atoms with van der Waals surface area (Å²) in [6.07, 6.45) is 1.22. The van der Waals surface area contributed by atoms with E-state index in [0.717, 1.165) is 0 Å². The van der Waals surface area contributed by atoms with E-state index in [-0.39, 0.29) is 18.0 Å². The Morgan fingerprint density at radius 2 is 1.86 bits per heavy atom. The summed E-state index contributed by atoms with van der Waals surface area (Å²) in [5.41, 5.74) is 5.18. The van der Waals surface area contributed by atoms with Crippen LogP contribution in [0.25, 0.3) is 0 Å². The summed E-state index contributed by atoms with van der Waals surface area (Å²) in [6.45, 7) is 4.27. The Kier molecular flexibility index (Phi) is 6.80. The monoisotopic (exact) mass is 316 g/mol. The van der Waals surface area contributed by atoms with Gasteiger partial charge < -0.3 is 10.5 Å². The molecule has 0 aromatic heterocycles. The van der Waals surface area contributed by atoms with Crippen LogP contribution in [0.15, 0.2) is 41.1 Å². The van der Waals surface area contributed by atoms with E-state index in [1.165, 1.54) is 34.6 Å². The minimum Gasteiger partial charge on any atom is -0.487 e. The Morgan fingerprint density at radius 3 is 2.33 bits per heavy atom. The summed E-state index contributed by atoms with van der Waals surface area (Å²) >= 11 is 0. The van der Waals surface area contributed by atoms with Gasteiger partial charge in [0.05, 0.1) is 4.90 Å². The maximum absolute atomic E-state index is 13.1. The third-order valence-corrected chi connectivity index (χ3v) is 4.95. The van der Waals surface area contributed by atoms with E-state index < -0.39 is 15.9 Å². The number of nitrogens with two attached hydrogens (primary N) is 1. The zero-order valence-electron chi connectivity index (χ0n) is 12.3. The van der Waals surface area contributed by atoms with E-state index in [9.17, 15) is 12.8 Å². The van der Waals surface area contributed by atoms with Gasteiger partial charge in [0.1, 0.15) is 18.2 Å². The predicted molar refractivity (Wildman–Crippen MR) is 80.3 cm³/mol. The minimum atomic E-state index is -3.48. The van der Waals surface area contributed by atoms with E-state index >= 15 is 0 Å². The topological polar surface area (TPSA) is 72.6 Å². The molecule has 0 heterocycles. The van der Waals surface area contributed by atoms with Crippen molar-refractivity contribution in [2.45, 2.75) is 18.7 Å². The van der Waals surface area contributed by atoms with Crippen LogP contribution < -0.4 is 10.5 Å². The maximum Gasteiger partial charge on any atom is 0.243 e. The Hall–Kier alpha value is -1.44. The van der Waals surface area contributed by atoms with Gasteiger partial charge in [0.2, 0.25) is 10.0 Å². The molecule has 0 unspecified atom stereocenters. The minimum absolute atomic E-state index is 0.107. The molecule has 118 valence electrons. The molecule has 0 aliphatic carbocycles. The van der Waals surface area contributed by atoms with Crippen LogP contribution in [0, 0.1) is 0 Å². The smallest absolute Gasteiger partial charge is 0.243 e. The molecule has 0 radical (unpaired) electrons. The summed E-state index contributed by atoms with van der Waals surface area (Å²) in [5.74, 6) is -0.0635. The van der Waals surface area contributed by atoms with Gasteiger partial charge >= 0.3 is 0 Å². The molecule has 21 heavy (non-hydrogen) atoms. The lowest BCUT2D eigenvalue weighted by Crippen LogP contribution is -2.30. The van der Waals surface area contributed by atoms with Crippen molar-refractivity contribution in [3.05, 3.63) is 36.2 Å². The van der Waals surface area contributed by atoms with Crippen LogP contribution in [0.4, 0.5) is 4.39 Å². The van der Waals surface area contributed by atoms with Crippen LogP contribution in [-0.2, 0) is 10.0 Å². The number of sulfonamides is 1. The third kappa shape index (κ3) is 4.80. The van der Waals surface area contributed by atoms with Gasteiger partial charge in [-0.25, -0.2) is 12.8 Å². The second-order valence-electron chi connectivity index (χ2n) is 4.24. The van der Waals surface area contributed by atoms with Crippen molar-refractivity contribution >= 4 is 10.0 Å². The molecule has 7 heteroatoms. The van der Waals surface area contributed by atoms with Crippen LogP contribution in [0.3, 0.4) is 0 Å². The Morgan fingerprint density at radius 1 is 1.29 bits per heavy atom. The van der Waals surface area contributed by atoms with Crippen molar-refractivity contribution in [1.82, 2.24) is 4.31 Å². The van der Waals surface area contributed by atoms with E-state index in [0.29, 0.717) is 18.8 Å². The van der Waals surface area contributed by atoms with Crippen LogP contribution >= 0.6 is 0 Å². The van der Waals surface area contributed by atoms with Crippen molar-refractivity contribution < 1.29 is 17.5 Å². The first-order valence-electron chi connectivity index (χ1n) is 6.73. The van der Waals surface area contributed by atoms with Crippen LogP contribution in [0.2, 0.25) is 0 Å². The molecule has 0 spiro atoms. The van der Waals surface area contributed by atoms with E-state index in [2.05, 4.69) is 0 Å². The highest BCUT2D eigenvalue weighted by Crippen LogP contribution is 2.19. The quantitative estimate of drug-likeness (QED) is 0.795. The molecule has 2 N–H and O–H groups in total. The highest BCUT2D eigenvalue weighted by Gasteiger charge is 2.21. The highest BCUT2D eigenvalue weighted by atomic mass is 32.2. The summed E-state index contributed by atoms with van der Waals surface area (Å²) < 4.78 is 44.2. The fourth-order valence-corrected chi connectivity index (χ4v) is 3.22. The number of hydrogen-bond donors (Lipinski definition) is 1. The third-order valence-electron chi connectivity index (χ3n) is 2.88. The second kappa shape index (κ2) is 8.11. The molecular formula is C14H21FN2O3S. The van der Waals surface area contributed by atoms with Gasteiger partial charge in [-0.1, -0.05) is 13.8 Å². The largest absolute Gasteiger partial charge is 0.487 e. The number of ether oxygens (including phenoxy) is 1. The number of hydrogen-bond acceptors (Lipinski definition) is 4. The summed E-state index contributed by atoms with van der Waals surface area (Å²) in [7, 11) is -3.48. The van der Waals surface area contributed by atoms with Gasteiger partial charge in [-0.15, -0.1) is 0 Å². The van der Waals surface area contributed by atoms with E-state index in [1.54, 1.807) is 13.8 Å². The van der Waals surface area contributed by atoms with Gasteiger partial charge in [0.25, 0.3) is 0 Å². The molecule has 5 nitrogen and oxygen atoms in total. The van der Waals surface area contributed by atoms with Crippen molar-refractivity contribution in [3.8, 4) is 5.75 Å². The number of halogens is 1. The van der Waals surface area contributed by atoms with Gasteiger partial charge in [-0.05, 0) is 30.3 Å². The average Bonchev–Trinajstić information content (AvgIpc) is 2.47. The van der Waals surface area contributed by atoms with Gasteiger partial charge in [0.15, 0.2) is 0 Å². The van der Waals surface area contributed by atoms with Crippen LogP contribution in [-0.4, -0.2) is 39.0 Å². The fourth-order valence-electron chi connectivity index (χ4n) is 1.76. The lowest BCUT2D eigenvalue weighted by molar-refractivity contribution is 0.318. The Balaban J connectivity index is 2.81. The number of benzene rings is 1. The first-order valence-corrected chi connectivity index (χ1v) is 8.17. The standard InChI is InChI=1S/C14H21FN2O3S/c1-3-17(4-2)21(18,19)14-7-5-13(6-8-14)20-11-12(15)9-10-16/h5-9H,3-4,10-11,16H2,1-2H3/b12-9+. The average molecular weight is 316 g/mol. The molecular weight excluding hydrogens is 295 g/mol. The lowest BCUT2D eigenvalue weighted by atomic mass is 10.3. The van der Waals surface area contributed by atoms with Gasteiger partial charge in [-0.3, -0.25) is 0 Å². The molecule has 0 fully saturated rings. The summed E-state index contributed by atoms with van der Waals surface area (Å²) in [6, 6.07) is 5.92. The molecule has 1 rings (SSSR count). The molecule has 0 aliphatic heterocycles. The van der Waals surface area contributed by atoms with Gasteiger partial charge in [-0.2, -0.15) is 4.31 Å². The molecule has 0 saturated heterocycles. The van der Waals surface area contributed by atoms with E-state index in [1.807, 2.05) is 0 Å². The number of rotatable bonds is 8. The second-order valence-corrected chi connectivity index (χ2v) is 6.17. The summed E-state index contributed by atoms with van der Waals surface area (Å²) in [4.78, 5) is 0.191. The van der Waals surface area contributed by atoms with Crippen molar-refractivity contribution in [2.75, 3.05) is 26.2 Å². The molecule has 0 atom stereocenters. The van der Waals surface area contributed by atoms with Crippen molar-refractivity contribution in [2.24, 2.45) is 5.73 Å². The van der Waals surface area contributed by atoms with E-state index in [4.69, 9.17) is 10.5 Å².